The number of hydrogen-bond acceptors (Lipinski definition) is 2. The fourth-order valence-electron chi connectivity index (χ4n) is 1.94. The van der Waals surface area contributed by atoms with Gasteiger partial charge in [-0.25, -0.2) is 13.2 Å². The van der Waals surface area contributed by atoms with Gasteiger partial charge in [-0.05, 0) is 36.4 Å². The van der Waals surface area contributed by atoms with Gasteiger partial charge in [0.2, 0.25) is 11.8 Å². The van der Waals surface area contributed by atoms with Crippen molar-refractivity contribution in [3.8, 4) is 0 Å². The lowest BCUT2D eigenvalue weighted by Gasteiger charge is -2.21. The monoisotopic (exact) mass is 322 g/mol. The highest BCUT2D eigenvalue weighted by Gasteiger charge is 2.19. The van der Waals surface area contributed by atoms with E-state index in [9.17, 15) is 22.8 Å². The molecule has 23 heavy (non-hydrogen) atoms. The Morgan fingerprint density at radius 3 is 2.17 bits per heavy atom. The predicted molar refractivity (Wildman–Crippen MR) is 79.4 cm³/mol. The van der Waals surface area contributed by atoms with Crippen molar-refractivity contribution < 1.29 is 22.8 Å². The molecule has 2 aromatic rings. The van der Waals surface area contributed by atoms with Gasteiger partial charge in [-0.1, -0.05) is 0 Å². The molecule has 0 bridgehead atoms. The summed E-state index contributed by atoms with van der Waals surface area (Å²) in [5, 5.41) is 2.46. The maximum atomic E-state index is 13.8. The van der Waals surface area contributed by atoms with Crippen molar-refractivity contribution in [1.82, 2.24) is 0 Å². The van der Waals surface area contributed by atoms with Gasteiger partial charge in [-0.3, -0.25) is 9.59 Å². The maximum Gasteiger partial charge on any atom is 0.244 e. The Bertz CT molecular complexity index is 733. The molecule has 0 spiro atoms. The number of carbonyl (C=O) groups is 2. The molecule has 0 saturated heterocycles. The largest absolute Gasteiger partial charge is 0.325 e. The lowest BCUT2D eigenvalue weighted by molar-refractivity contribution is -0.120. The van der Waals surface area contributed by atoms with Crippen LogP contribution < -0.4 is 10.2 Å². The minimum atomic E-state index is -0.949. The van der Waals surface area contributed by atoms with Crippen molar-refractivity contribution in [2.45, 2.75) is 6.92 Å². The number of anilines is 2. The minimum absolute atomic E-state index is 0.201. The quantitative estimate of drug-likeness (QED) is 0.940. The number of nitrogens with one attached hydrogen (secondary N) is 1. The molecular formula is C16H13F3N2O2. The zero-order valence-corrected chi connectivity index (χ0v) is 12.1. The van der Waals surface area contributed by atoms with Crippen LogP contribution in [0.4, 0.5) is 24.5 Å². The number of carbonyl (C=O) groups excluding carboxylic acids is 2. The van der Waals surface area contributed by atoms with E-state index in [1.54, 1.807) is 0 Å². The average Bonchev–Trinajstić information content (AvgIpc) is 2.48. The third-order valence-corrected chi connectivity index (χ3v) is 3.01. The van der Waals surface area contributed by atoms with Gasteiger partial charge in [0, 0.05) is 18.7 Å². The molecule has 2 amide bonds. The van der Waals surface area contributed by atoms with Crippen LogP contribution in [0.15, 0.2) is 42.5 Å². The molecule has 0 aliphatic rings. The van der Waals surface area contributed by atoms with Crippen LogP contribution in [-0.4, -0.2) is 18.4 Å². The molecule has 0 unspecified atom stereocenters. The Labute approximate surface area is 130 Å². The van der Waals surface area contributed by atoms with Crippen LogP contribution in [0.25, 0.3) is 0 Å². The summed E-state index contributed by atoms with van der Waals surface area (Å²) in [6.07, 6.45) is 0. The van der Waals surface area contributed by atoms with Gasteiger partial charge in [0.1, 0.15) is 24.0 Å². The van der Waals surface area contributed by atoms with Gasteiger partial charge in [0.15, 0.2) is 0 Å². The smallest absolute Gasteiger partial charge is 0.244 e. The molecule has 2 aromatic carbocycles. The summed E-state index contributed by atoms with van der Waals surface area (Å²) >= 11 is 0. The van der Waals surface area contributed by atoms with Gasteiger partial charge in [0.25, 0.3) is 0 Å². The molecule has 4 nitrogen and oxygen atoms in total. The highest BCUT2D eigenvalue weighted by molar-refractivity contribution is 6.01. The van der Waals surface area contributed by atoms with Crippen LogP contribution >= 0.6 is 0 Å². The SMILES string of the molecule is CC(=O)N(CC(=O)Nc1ccc(F)cc1)c1ccc(F)cc1F. The summed E-state index contributed by atoms with van der Waals surface area (Å²) in [6.45, 7) is 0.698. The van der Waals surface area contributed by atoms with E-state index in [-0.39, 0.29) is 5.69 Å². The first-order valence-corrected chi connectivity index (χ1v) is 6.65. The Morgan fingerprint density at radius 2 is 1.61 bits per heavy atom. The van der Waals surface area contributed by atoms with E-state index in [0.29, 0.717) is 11.8 Å². The number of benzene rings is 2. The molecule has 0 fully saturated rings. The van der Waals surface area contributed by atoms with Crippen molar-refractivity contribution in [2.24, 2.45) is 0 Å². The van der Waals surface area contributed by atoms with Crippen molar-refractivity contribution in [1.29, 1.82) is 0 Å². The van der Waals surface area contributed by atoms with Crippen LogP contribution in [0.2, 0.25) is 0 Å². The van der Waals surface area contributed by atoms with E-state index in [1.807, 2.05) is 0 Å². The number of halogens is 3. The molecule has 2 rings (SSSR count). The second-order valence-corrected chi connectivity index (χ2v) is 4.76. The minimum Gasteiger partial charge on any atom is -0.325 e. The molecule has 1 N–H and O–H groups in total. The third-order valence-electron chi connectivity index (χ3n) is 3.01. The van der Waals surface area contributed by atoms with Crippen LogP contribution in [0.3, 0.4) is 0 Å². The first-order chi connectivity index (χ1) is 10.9. The number of amides is 2. The Morgan fingerprint density at radius 1 is 1.00 bits per heavy atom. The number of nitrogens with zero attached hydrogens (tertiary/aromatic N) is 1. The molecule has 0 heterocycles. The standard InChI is InChI=1S/C16H13F3N2O2/c1-10(22)21(15-7-4-12(18)8-14(15)19)9-16(23)20-13-5-2-11(17)3-6-13/h2-8H,9H2,1H3,(H,20,23). The van der Waals surface area contributed by atoms with Crippen molar-refractivity contribution >= 4 is 23.2 Å². The van der Waals surface area contributed by atoms with Crippen LogP contribution in [0, 0.1) is 17.5 Å². The molecule has 0 radical (unpaired) electrons. The summed E-state index contributed by atoms with van der Waals surface area (Å²) in [5.74, 6) is -3.37. The molecular weight excluding hydrogens is 309 g/mol. The second kappa shape index (κ2) is 6.95. The third kappa shape index (κ3) is 4.32. The Balaban J connectivity index is 2.14. The highest BCUT2D eigenvalue weighted by atomic mass is 19.1. The maximum absolute atomic E-state index is 13.8. The highest BCUT2D eigenvalue weighted by Crippen LogP contribution is 2.20. The van der Waals surface area contributed by atoms with Crippen molar-refractivity contribution in [3.05, 3.63) is 59.9 Å². The predicted octanol–water partition coefficient (Wildman–Crippen LogP) is 3.10. The first kappa shape index (κ1) is 16.5. The molecule has 0 aliphatic heterocycles. The lowest BCUT2D eigenvalue weighted by Crippen LogP contribution is -2.37. The number of hydrogen-bond donors (Lipinski definition) is 1. The van der Waals surface area contributed by atoms with E-state index in [0.717, 1.165) is 36.1 Å². The summed E-state index contributed by atoms with van der Waals surface area (Å²) < 4.78 is 39.5. The van der Waals surface area contributed by atoms with E-state index in [2.05, 4.69) is 5.32 Å². The van der Waals surface area contributed by atoms with Crippen LogP contribution in [-0.2, 0) is 9.59 Å². The fraction of sp³-hybridized carbons (Fsp3) is 0.125. The van der Waals surface area contributed by atoms with Gasteiger partial charge in [0.05, 0.1) is 5.69 Å². The van der Waals surface area contributed by atoms with Gasteiger partial charge in [-0.2, -0.15) is 0 Å². The first-order valence-electron chi connectivity index (χ1n) is 6.65. The summed E-state index contributed by atoms with van der Waals surface area (Å²) in [6, 6.07) is 7.73. The zero-order chi connectivity index (χ0) is 17.0. The van der Waals surface area contributed by atoms with Crippen LogP contribution in [0.5, 0.6) is 0 Å². The van der Waals surface area contributed by atoms with Gasteiger partial charge < -0.3 is 10.2 Å². The number of rotatable bonds is 4. The summed E-state index contributed by atoms with van der Waals surface area (Å²) in [7, 11) is 0. The normalized spacial score (nSPS) is 10.3. The van der Waals surface area contributed by atoms with E-state index < -0.39 is 35.8 Å². The zero-order valence-electron chi connectivity index (χ0n) is 12.1. The van der Waals surface area contributed by atoms with Crippen molar-refractivity contribution in [3.63, 3.8) is 0 Å². The second-order valence-electron chi connectivity index (χ2n) is 4.76. The summed E-state index contributed by atoms with van der Waals surface area (Å²) in [5.41, 5.74) is 0.132. The van der Waals surface area contributed by atoms with E-state index >= 15 is 0 Å². The Kier molecular flexibility index (Phi) is 5.00. The molecule has 120 valence electrons. The molecule has 0 aromatic heterocycles. The topological polar surface area (TPSA) is 49.4 Å². The van der Waals surface area contributed by atoms with Crippen LogP contribution in [0.1, 0.15) is 6.92 Å². The van der Waals surface area contributed by atoms with E-state index in [4.69, 9.17) is 0 Å². The fourth-order valence-corrected chi connectivity index (χ4v) is 1.94. The van der Waals surface area contributed by atoms with Gasteiger partial charge in [-0.15, -0.1) is 0 Å². The Hall–Kier alpha value is -2.83. The molecule has 0 saturated carbocycles. The van der Waals surface area contributed by atoms with Gasteiger partial charge >= 0.3 is 0 Å². The lowest BCUT2D eigenvalue weighted by atomic mass is 10.2. The summed E-state index contributed by atoms with van der Waals surface area (Å²) in [4.78, 5) is 24.5. The molecule has 0 aliphatic carbocycles. The molecule has 0 atom stereocenters. The van der Waals surface area contributed by atoms with E-state index in [1.165, 1.54) is 12.1 Å². The van der Waals surface area contributed by atoms with Crippen molar-refractivity contribution in [2.75, 3.05) is 16.8 Å². The molecule has 7 heteroatoms. The average molecular weight is 322 g/mol.